The molecule has 2 nitrogen and oxygen atoms in total. The number of halogens is 1. The van der Waals surface area contributed by atoms with Crippen LogP contribution in [0.15, 0.2) is 16.2 Å². The monoisotopic (exact) mass is 230 g/mol. The molecule has 0 fully saturated rings. The zero-order valence-electron chi connectivity index (χ0n) is 10.5. The van der Waals surface area contributed by atoms with Gasteiger partial charge < -0.3 is 4.90 Å². The normalized spacial score (nSPS) is 15.3. The van der Waals surface area contributed by atoms with Crippen LogP contribution in [-0.2, 0) is 0 Å². The molecule has 0 rings (SSSR count). The van der Waals surface area contributed by atoms with Crippen LogP contribution in [0.3, 0.4) is 0 Å². The van der Waals surface area contributed by atoms with E-state index in [1.54, 1.807) is 6.20 Å². The van der Waals surface area contributed by atoms with E-state index >= 15 is 0 Å². The lowest BCUT2D eigenvalue weighted by atomic mass is 10.1. The number of nitrogens with zero attached hydrogens (tertiary/aromatic N) is 2. The highest BCUT2D eigenvalue weighted by molar-refractivity contribution is 6.29. The van der Waals surface area contributed by atoms with E-state index in [-0.39, 0.29) is 0 Å². The molecule has 0 aromatic carbocycles. The maximum atomic E-state index is 5.71. The van der Waals surface area contributed by atoms with Gasteiger partial charge in [0.05, 0.1) is 0 Å². The lowest BCUT2D eigenvalue weighted by Crippen LogP contribution is -2.26. The van der Waals surface area contributed by atoms with Gasteiger partial charge in [0.25, 0.3) is 0 Å². The summed E-state index contributed by atoms with van der Waals surface area (Å²) in [5, 5.41) is 0.713. The molecule has 0 bridgehead atoms. The Morgan fingerprint density at radius 1 is 1.47 bits per heavy atom. The van der Waals surface area contributed by atoms with Gasteiger partial charge in [0.15, 0.2) is 0 Å². The average molecular weight is 231 g/mol. The Hall–Kier alpha value is -0.500. The first-order valence-electron chi connectivity index (χ1n) is 5.55. The molecule has 0 aromatic heterocycles. The molecular weight excluding hydrogens is 208 g/mol. The van der Waals surface area contributed by atoms with Crippen molar-refractivity contribution < 1.29 is 0 Å². The summed E-state index contributed by atoms with van der Waals surface area (Å²) in [6.45, 7) is 9.40. The van der Waals surface area contributed by atoms with Crippen molar-refractivity contribution in [3.63, 3.8) is 0 Å². The molecule has 1 unspecified atom stereocenters. The van der Waals surface area contributed by atoms with Crippen molar-refractivity contribution in [1.82, 2.24) is 4.90 Å². The van der Waals surface area contributed by atoms with Crippen molar-refractivity contribution >= 4 is 17.4 Å². The fourth-order valence-electron chi connectivity index (χ4n) is 1.06. The first-order valence-corrected chi connectivity index (χ1v) is 5.93. The zero-order valence-corrected chi connectivity index (χ0v) is 11.3. The van der Waals surface area contributed by atoms with Gasteiger partial charge in [-0.15, -0.1) is 0 Å². The van der Waals surface area contributed by atoms with Gasteiger partial charge >= 0.3 is 0 Å². The van der Waals surface area contributed by atoms with Crippen molar-refractivity contribution in [2.75, 3.05) is 13.6 Å². The lowest BCUT2D eigenvalue weighted by molar-refractivity contribution is 0.412. The Bertz CT molecular complexity index is 230. The van der Waals surface area contributed by atoms with Gasteiger partial charge in [-0.25, -0.2) is 4.99 Å². The number of rotatable bonds is 5. The predicted molar refractivity (Wildman–Crippen MR) is 69.4 cm³/mol. The molecule has 0 aliphatic heterocycles. The van der Waals surface area contributed by atoms with Crippen LogP contribution in [-0.4, -0.2) is 24.3 Å². The molecule has 15 heavy (non-hydrogen) atoms. The minimum Gasteiger partial charge on any atom is -0.363 e. The third-order valence-electron chi connectivity index (χ3n) is 2.64. The topological polar surface area (TPSA) is 15.6 Å². The molecule has 0 N–H and O–H groups in total. The summed E-state index contributed by atoms with van der Waals surface area (Å²) in [5.74, 6) is 1.80. The smallest absolute Gasteiger partial charge is 0.101 e. The molecule has 0 amide bonds. The molecule has 0 saturated carbocycles. The first kappa shape index (κ1) is 14.5. The number of allylic oxidation sites excluding steroid dienone is 1. The highest BCUT2D eigenvalue weighted by Crippen LogP contribution is 2.07. The summed E-state index contributed by atoms with van der Waals surface area (Å²) >= 11 is 5.71. The van der Waals surface area contributed by atoms with E-state index in [0.29, 0.717) is 5.03 Å². The second-order valence-corrected chi connectivity index (χ2v) is 4.71. The van der Waals surface area contributed by atoms with Crippen molar-refractivity contribution in [2.24, 2.45) is 10.9 Å². The second-order valence-electron chi connectivity index (χ2n) is 4.12. The van der Waals surface area contributed by atoms with Gasteiger partial charge in [-0.1, -0.05) is 31.9 Å². The van der Waals surface area contributed by atoms with E-state index in [0.717, 1.165) is 18.3 Å². The Morgan fingerprint density at radius 2 is 2.07 bits per heavy atom. The van der Waals surface area contributed by atoms with Gasteiger partial charge in [-0.05, 0) is 26.2 Å². The van der Waals surface area contributed by atoms with Crippen LogP contribution in [0.1, 0.15) is 40.5 Å². The number of hydrogen-bond acceptors (Lipinski definition) is 1. The molecule has 0 aliphatic rings. The maximum Gasteiger partial charge on any atom is 0.101 e. The van der Waals surface area contributed by atoms with E-state index in [2.05, 4.69) is 30.8 Å². The van der Waals surface area contributed by atoms with Gasteiger partial charge in [0.2, 0.25) is 0 Å². The van der Waals surface area contributed by atoms with Crippen LogP contribution in [0.2, 0.25) is 0 Å². The van der Waals surface area contributed by atoms with Crippen LogP contribution < -0.4 is 0 Å². The van der Waals surface area contributed by atoms with E-state index < -0.39 is 0 Å². The number of aliphatic imine (C=N–C) groups is 1. The molecule has 0 saturated heterocycles. The minimum absolute atomic E-state index is 0.713. The molecular formula is C12H23ClN2. The molecule has 0 aromatic rings. The number of hydrogen-bond donors (Lipinski definition) is 0. The fourth-order valence-corrected chi connectivity index (χ4v) is 1.11. The van der Waals surface area contributed by atoms with Crippen molar-refractivity contribution in [3.05, 3.63) is 11.2 Å². The summed E-state index contributed by atoms with van der Waals surface area (Å²) in [4.78, 5) is 6.45. The Morgan fingerprint density at radius 3 is 2.53 bits per heavy atom. The predicted octanol–water partition coefficient (Wildman–Crippen LogP) is 3.87. The quantitative estimate of drug-likeness (QED) is 0.517. The minimum atomic E-state index is 0.713. The van der Waals surface area contributed by atoms with Crippen LogP contribution in [0.5, 0.6) is 0 Å². The lowest BCUT2D eigenvalue weighted by Gasteiger charge is -2.20. The Labute approximate surface area is 99.0 Å². The summed E-state index contributed by atoms with van der Waals surface area (Å²) in [5.41, 5.74) is 0. The summed E-state index contributed by atoms with van der Waals surface area (Å²) in [6, 6.07) is 0. The standard InChI is InChI=1S/C12H23ClN2/c1-6-10(2)7-8-15(5)12(4)14-9-11(3)13/h9-10H,6-8H2,1-5H3/b11-9+,14-12?. The molecule has 0 spiro atoms. The van der Waals surface area contributed by atoms with Crippen LogP contribution in [0, 0.1) is 5.92 Å². The largest absolute Gasteiger partial charge is 0.363 e. The summed E-state index contributed by atoms with van der Waals surface area (Å²) < 4.78 is 0. The second kappa shape index (κ2) is 7.75. The Balaban J connectivity index is 4.04. The van der Waals surface area contributed by atoms with Crippen molar-refractivity contribution in [3.8, 4) is 0 Å². The first-order chi connectivity index (χ1) is 6.97. The summed E-state index contributed by atoms with van der Waals surface area (Å²) in [7, 11) is 2.07. The maximum absolute atomic E-state index is 5.71. The van der Waals surface area contributed by atoms with E-state index in [1.165, 1.54) is 12.8 Å². The summed E-state index contributed by atoms with van der Waals surface area (Å²) in [6.07, 6.45) is 4.14. The van der Waals surface area contributed by atoms with Crippen molar-refractivity contribution in [1.29, 1.82) is 0 Å². The molecule has 1 atom stereocenters. The third-order valence-corrected chi connectivity index (χ3v) is 2.73. The molecule has 3 heteroatoms. The Kier molecular flexibility index (Phi) is 7.49. The molecule has 0 radical (unpaired) electrons. The van der Waals surface area contributed by atoms with Gasteiger partial charge in [0.1, 0.15) is 5.84 Å². The fraction of sp³-hybridized carbons (Fsp3) is 0.750. The molecule has 88 valence electrons. The average Bonchev–Trinajstić information content (AvgIpc) is 2.21. The van der Waals surface area contributed by atoms with Gasteiger partial charge in [0, 0.05) is 24.8 Å². The van der Waals surface area contributed by atoms with Crippen LogP contribution in [0.25, 0.3) is 0 Å². The molecule has 0 aliphatic carbocycles. The molecule has 0 heterocycles. The van der Waals surface area contributed by atoms with E-state index in [1.807, 2.05) is 13.8 Å². The highest BCUT2D eigenvalue weighted by Gasteiger charge is 2.03. The van der Waals surface area contributed by atoms with Crippen LogP contribution >= 0.6 is 11.6 Å². The van der Waals surface area contributed by atoms with Gasteiger partial charge in [-0.2, -0.15) is 0 Å². The van der Waals surface area contributed by atoms with Gasteiger partial charge in [-0.3, -0.25) is 0 Å². The zero-order chi connectivity index (χ0) is 11.8. The SMILES string of the molecule is CCC(C)CCN(C)C(C)=N/C=C(\C)Cl. The number of amidine groups is 1. The highest BCUT2D eigenvalue weighted by atomic mass is 35.5. The van der Waals surface area contributed by atoms with E-state index in [9.17, 15) is 0 Å². The third kappa shape index (κ3) is 7.43. The van der Waals surface area contributed by atoms with Crippen LogP contribution in [0.4, 0.5) is 0 Å². The van der Waals surface area contributed by atoms with E-state index in [4.69, 9.17) is 11.6 Å². The van der Waals surface area contributed by atoms with Crippen molar-refractivity contribution in [2.45, 2.75) is 40.5 Å².